The topological polar surface area (TPSA) is 46.2 Å². The summed E-state index contributed by atoms with van der Waals surface area (Å²) in [6, 6.07) is 9.92. The average molecular weight is 136 g/mol. The Hall–Kier alpha value is -0.860. The molecule has 2 nitrogen and oxygen atoms in total. The lowest BCUT2D eigenvalue weighted by Gasteiger charge is -2.06. The molecule has 0 aliphatic heterocycles. The fourth-order valence-electron chi connectivity index (χ4n) is 0.743. The minimum absolute atomic E-state index is 0.0160. The highest BCUT2D eigenvalue weighted by Crippen LogP contribution is 2.06. The highest BCUT2D eigenvalue weighted by molar-refractivity contribution is 5.17. The second-order valence-electron chi connectivity index (χ2n) is 2.13. The van der Waals surface area contributed by atoms with Crippen molar-refractivity contribution >= 4 is 0 Å². The van der Waals surface area contributed by atoms with Crippen molar-refractivity contribution in [3.8, 4) is 0 Å². The molecule has 53 valence electrons. The molecule has 1 atom stereocenters. The Labute approximate surface area is 60.3 Å². The van der Waals surface area contributed by atoms with Crippen LogP contribution in [0, 0.1) is 6.07 Å². The lowest BCUT2D eigenvalue weighted by molar-refractivity contribution is 0.268. The van der Waals surface area contributed by atoms with E-state index in [-0.39, 0.29) is 12.6 Å². The van der Waals surface area contributed by atoms with Crippen molar-refractivity contribution in [2.75, 3.05) is 6.61 Å². The second-order valence-corrected chi connectivity index (χ2v) is 2.13. The van der Waals surface area contributed by atoms with E-state index in [4.69, 9.17) is 10.8 Å². The van der Waals surface area contributed by atoms with E-state index in [2.05, 4.69) is 6.07 Å². The van der Waals surface area contributed by atoms with Gasteiger partial charge < -0.3 is 10.8 Å². The van der Waals surface area contributed by atoms with E-state index >= 15 is 0 Å². The van der Waals surface area contributed by atoms with Crippen molar-refractivity contribution in [3.63, 3.8) is 0 Å². The average Bonchev–Trinajstić information content (AvgIpc) is 2.05. The molecule has 0 unspecified atom stereocenters. The van der Waals surface area contributed by atoms with Gasteiger partial charge in [-0.05, 0) is 17.7 Å². The molecule has 0 aliphatic carbocycles. The SMILES string of the molecule is N[C@H](CO)c1c[c]ccc1. The van der Waals surface area contributed by atoms with E-state index in [0.717, 1.165) is 5.56 Å². The van der Waals surface area contributed by atoms with E-state index in [1.54, 1.807) is 12.1 Å². The van der Waals surface area contributed by atoms with Gasteiger partial charge >= 0.3 is 0 Å². The monoisotopic (exact) mass is 136 g/mol. The smallest absolute Gasteiger partial charge is 0.0624 e. The minimum atomic E-state index is -0.266. The number of aliphatic hydroxyl groups is 1. The molecule has 0 saturated carbocycles. The maximum absolute atomic E-state index is 8.65. The maximum atomic E-state index is 8.65. The molecule has 0 spiro atoms. The van der Waals surface area contributed by atoms with E-state index < -0.39 is 0 Å². The van der Waals surface area contributed by atoms with Gasteiger partial charge in [-0.1, -0.05) is 18.2 Å². The van der Waals surface area contributed by atoms with Crippen molar-refractivity contribution in [1.82, 2.24) is 0 Å². The van der Waals surface area contributed by atoms with Gasteiger partial charge in [0, 0.05) is 0 Å². The Balaban J connectivity index is 2.75. The predicted molar refractivity (Wildman–Crippen MR) is 39.3 cm³/mol. The molecule has 1 rings (SSSR count). The number of hydrogen-bond donors (Lipinski definition) is 2. The molecule has 0 heterocycles. The van der Waals surface area contributed by atoms with Gasteiger partial charge in [-0.2, -0.15) is 0 Å². The Morgan fingerprint density at radius 2 is 2.50 bits per heavy atom. The second kappa shape index (κ2) is 3.34. The van der Waals surface area contributed by atoms with Crippen LogP contribution in [0.2, 0.25) is 0 Å². The summed E-state index contributed by atoms with van der Waals surface area (Å²) in [5.74, 6) is 0. The zero-order chi connectivity index (χ0) is 7.40. The summed E-state index contributed by atoms with van der Waals surface area (Å²) in [7, 11) is 0. The summed E-state index contributed by atoms with van der Waals surface area (Å²) >= 11 is 0. The fraction of sp³-hybridized carbons (Fsp3) is 0.250. The Bertz CT molecular complexity index is 186. The van der Waals surface area contributed by atoms with Crippen molar-refractivity contribution < 1.29 is 5.11 Å². The van der Waals surface area contributed by atoms with Gasteiger partial charge in [0.25, 0.3) is 0 Å². The Morgan fingerprint density at radius 1 is 1.70 bits per heavy atom. The molecule has 0 saturated heterocycles. The van der Waals surface area contributed by atoms with E-state index in [1.165, 1.54) is 0 Å². The first kappa shape index (κ1) is 7.25. The molecular weight excluding hydrogens is 126 g/mol. The third-order valence-electron chi connectivity index (χ3n) is 1.36. The first-order chi connectivity index (χ1) is 4.84. The summed E-state index contributed by atoms with van der Waals surface area (Å²) in [5.41, 5.74) is 6.45. The standard InChI is InChI=1S/C8H10NO/c9-8(6-10)7-4-2-1-3-5-7/h1-2,4-5,8,10H,6,9H2/t8-/m1/s1. The van der Waals surface area contributed by atoms with Crippen LogP contribution in [-0.2, 0) is 0 Å². The third-order valence-corrected chi connectivity index (χ3v) is 1.36. The molecule has 3 N–H and O–H groups in total. The van der Waals surface area contributed by atoms with E-state index in [9.17, 15) is 0 Å². The van der Waals surface area contributed by atoms with Gasteiger partial charge in [0.05, 0.1) is 12.6 Å². The number of benzene rings is 1. The lowest BCUT2D eigenvalue weighted by Crippen LogP contribution is -2.13. The summed E-state index contributed by atoms with van der Waals surface area (Å²) in [4.78, 5) is 0. The summed E-state index contributed by atoms with van der Waals surface area (Å²) in [5, 5.41) is 8.65. The molecule has 10 heavy (non-hydrogen) atoms. The largest absolute Gasteiger partial charge is 0.394 e. The van der Waals surface area contributed by atoms with Gasteiger partial charge in [-0.25, -0.2) is 0 Å². The molecule has 0 bridgehead atoms. The van der Waals surface area contributed by atoms with Crippen LogP contribution >= 0.6 is 0 Å². The fourth-order valence-corrected chi connectivity index (χ4v) is 0.743. The molecule has 0 fully saturated rings. The first-order valence-electron chi connectivity index (χ1n) is 3.17. The first-order valence-corrected chi connectivity index (χ1v) is 3.17. The highest BCUT2D eigenvalue weighted by atomic mass is 16.3. The summed E-state index contributed by atoms with van der Waals surface area (Å²) in [6.45, 7) is -0.0160. The normalized spacial score (nSPS) is 13.0. The quantitative estimate of drug-likeness (QED) is 0.621. The van der Waals surface area contributed by atoms with Crippen LogP contribution in [0.5, 0.6) is 0 Å². The number of nitrogens with two attached hydrogens (primary N) is 1. The van der Waals surface area contributed by atoms with Gasteiger partial charge in [0.15, 0.2) is 0 Å². The van der Waals surface area contributed by atoms with Gasteiger partial charge in [0.2, 0.25) is 0 Å². The van der Waals surface area contributed by atoms with Gasteiger partial charge in [-0.15, -0.1) is 0 Å². The van der Waals surface area contributed by atoms with Crippen molar-refractivity contribution in [2.24, 2.45) is 5.73 Å². The van der Waals surface area contributed by atoms with Crippen LogP contribution in [0.25, 0.3) is 0 Å². The Kier molecular flexibility index (Phi) is 2.42. The molecule has 0 amide bonds. The van der Waals surface area contributed by atoms with Crippen molar-refractivity contribution in [3.05, 3.63) is 35.9 Å². The Morgan fingerprint density at radius 3 is 3.00 bits per heavy atom. The zero-order valence-corrected chi connectivity index (χ0v) is 5.62. The highest BCUT2D eigenvalue weighted by Gasteiger charge is 2.00. The summed E-state index contributed by atoms with van der Waals surface area (Å²) in [6.07, 6.45) is 0. The van der Waals surface area contributed by atoms with Crippen LogP contribution in [0.1, 0.15) is 11.6 Å². The maximum Gasteiger partial charge on any atom is 0.0624 e. The van der Waals surface area contributed by atoms with Crippen LogP contribution in [0.15, 0.2) is 24.3 Å². The zero-order valence-electron chi connectivity index (χ0n) is 5.62. The van der Waals surface area contributed by atoms with Crippen molar-refractivity contribution in [1.29, 1.82) is 0 Å². The molecule has 1 aromatic carbocycles. The molecule has 0 aliphatic rings. The van der Waals surface area contributed by atoms with E-state index in [1.807, 2.05) is 12.1 Å². The van der Waals surface area contributed by atoms with Crippen molar-refractivity contribution in [2.45, 2.75) is 6.04 Å². The lowest BCUT2D eigenvalue weighted by atomic mass is 10.1. The van der Waals surface area contributed by atoms with Crippen LogP contribution in [0.4, 0.5) is 0 Å². The minimum Gasteiger partial charge on any atom is -0.394 e. The molecule has 2 heteroatoms. The third kappa shape index (κ3) is 1.56. The summed E-state index contributed by atoms with van der Waals surface area (Å²) < 4.78 is 0. The van der Waals surface area contributed by atoms with E-state index in [0.29, 0.717) is 0 Å². The molecule has 0 aromatic heterocycles. The van der Waals surface area contributed by atoms with Crippen LogP contribution < -0.4 is 5.73 Å². The number of rotatable bonds is 2. The predicted octanol–water partition coefficient (Wildman–Crippen LogP) is 0.479. The molecular formula is C8H10NO. The molecule has 1 aromatic rings. The molecule has 1 radical (unpaired) electrons. The van der Waals surface area contributed by atoms with Gasteiger partial charge in [-0.3, -0.25) is 0 Å². The number of aliphatic hydroxyl groups excluding tert-OH is 1. The van der Waals surface area contributed by atoms with Crippen LogP contribution in [0.3, 0.4) is 0 Å². The van der Waals surface area contributed by atoms with Crippen LogP contribution in [-0.4, -0.2) is 11.7 Å². The van der Waals surface area contributed by atoms with Gasteiger partial charge in [0.1, 0.15) is 0 Å². The number of hydrogen-bond acceptors (Lipinski definition) is 2.